The van der Waals surface area contributed by atoms with Crippen molar-refractivity contribution in [2.75, 3.05) is 38.1 Å². The highest BCUT2D eigenvalue weighted by atomic mass is 35.5. The minimum atomic E-state index is -0.479. The maximum atomic E-state index is 11.4. The number of nitrogens with one attached hydrogen (secondary N) is 1. The van der Waals surface area contributed by atoms with Gasteiger partial charge in [0, 0.05) is 38.9 Å². The molecule has 1 aliphatic rings. The van der Waals surface area contributed by atoms with Crippen molar-refractivity contribution in [3.8, 4) is 0 Å². The van der Waals surface area contributed by atoms with Crippen LogP contribution in [-0.2, 0) is 11.3 Å². The molecule has 1 aromatic rings. The van der Waals surface area contributed by atoms with Crippen LogP contribution in [0.15, 0.2) is 18.3 Å². The normalized spacial score (nSPS) is 17.0. The monoisotopic (exact) mass is 313 g/mol. The molecule has 1 saturated heterocycles. The summed E-state index contributed by atoms with van der Waals surface area (Å²) in [6, 6.07) is 3.54. The summed E-state index contributed by atoms with van der Waals surface area (Å²) in [5.41, 5.74) is 6.48. The van der Waals surface area contributed by atoms with E-state index in [1.54, 1.807) is 6.92 Å². The van der Waals surface area contributed by atoms with Crippen LogP contribution in [0.1, 0.15) is 12.5 Å². The van der Waals surface area contributed by atoms with Crippen molar-refractivity contribution in [2.24, 2.45) is 5.73 Å². The number of aromatic nitrogens is 1. The molecule has 3 N–H and O–H groups in total. The molecule has 1 aliphatic heterocycles. The fraction of sp³-hybridized carbons (Fsp3) is 0.571. The third kappa shape index (κ3) is 5.15. The summed E-state index contributed by atoms with van der Waals surface area (Å²) in [6.07, 6.45) is 1.81. The minimum absolute atomic E-state index is 0. The van der Waals surface area contributed by atoms with Gasteiger partial charge in [0.15, 0.2) is 0 Å². The lowest BCUT2D eigenvalue weighted by Crippen LogP contribution is -2.44. The third-order valence-electron chi connectivity index (χ3n) is 3.52. The molecule has 2 heterocycles. The first-order valence-corrected chi connectivity index (χ1v) is 6.98. The molecule has 0 radical (unpaired) electrons. The number of carbonyl (C=O) groups is 1. The van der Waals surface area contributed by atoms with Crippen molar-refractivity contribution < 1.29 is 4.79 Å². The van der Waals surface area contributed by atoms with Crippen molar-refractivity contribution >= 4 is 24.1 Å². The molecule has 0 bridgehead atoms. The van der Waals surface area contributed by atoms with Gasteiger partial charge in [-0.15, -0.1) is 12.4 Å². The van der Waals surface area contributed by atoms with Crippen molar-refractivity contribution in [3.63, 3.8) is 0 Å². The van der Waals surface area contributed by atoms with E-state index in [0.717, 1.165) is 37.6 Å². The van der Waals surface area contributed by atoms with Crippen LogP contribution in [0.3, 0.4) is 0 Å². The van der Waals surface area contributed by atoms with Gasteiger partial charge in [-0.2, -0.15) is 0 Å². The van der Waals surface area contributed by atoms with Crippen LogP contribution < -0.4 is 16.0 Å². The molecule has 1 amide bonds. The summed E-state index contributed by atoms with van der Waals surface area (Å²) < 4.78 is 0. The molecule has 21 heavy (non-hydrogen) atoms. The number of amides is 1. The van der Waals surface area contributed by atoms with Crippen LogP contribution in [0.5, 0.6) is 0 Å². The highest BCUT2D eigenvalue weighted by Crippen LogP contribution is 2.13. The topological polar surface area (TPSA) is 74.5 Å². The molecule has 1 aromatic heterocycles. The summed E-state index contributed by atoms with van der Waals surface area (Å²) in [6.45, 7) is 6.27. The van der Waals surface area contributed by atoms with E-state index >= 15 is 0 Å². The van der Waals surface area contributed by atoms with Crippen LogP contribution in [0.25, 0.3) is 0 Å². The zero-order valence-electron chi connectivity index (χ0n) is 12.6. The number of likely N-dealkylation sites (N-methyl/N-ethyl adjacent to an activating group) is 1. The first-order chi connectivity index (χ1) is 9.56. The van der Waals surface area contributed by atoms with Crippen LogP contribution in [0, 0.1) is 0 Å². The second-order valence-electron chi connectivity index (χ2n) is 5.32. The lowest BCUT2D eigenvalue weighted by Gasteiger charge is -2.33. The van der Waals surface area contributed by atoms with E-state index in [0.29, 0.717) is 6.54 Å². The number of nitrogens with zero attached hydrogens (tertiary/aromatic N) is 3. The zero-order valence-corrected chi connectivity index (χ0v) is 13.4. The SMILES string of the molecule is CC(N)C(=O)NCc1ccc(N2CCN(C)CC2)nc1.Cl. The lowest BCUT2D eigenvalue weighted by atomic mass is 10.2. The van der Waals surface area contributed by atoms with Gasteiger partial charge in [0.25, 0.3) is 0 Å². The van der Waals surface area contributed by atoms with Gasteiger partial charge in [0.1, 0.15) is 5.82 Å². The van der Waals surface area contributed by atoms with Crippen LogP contribution in [0.2, 0.25) is 0 Å². The Kier molecular flexibility index (Phi) is 6.87. The maximum absolute atomic E-state index is 11.4. The summed E-state index contributed by atoms with van der Waals surface area (Å²) in [5, 5.41) is 2.78. The number of anilines is 1. The van der Waals surface area contributed by atoms with E-state index in [-0.39, 0.29) is 18.3 Å². The van der Waals surface area contributed by atoms with Gasteiger partial charge in [-0.1, -0.05) is 6.07 Å². The number of rotatable bonds is 4. The van der Waals surface area contributed by atoms with E-state index in [2.05, 4.69) is 27.1 Å². The van der Waals surface area contributed by atoms with Gasteiger partial charge in [0.05, 0.1) is 6.04 Å². The zero-order chi connectivity index (χ0) is 14.5. The Morgan fingerprint density at radius 3 is 2.57 bits per heavy atom. The second kappa shape index (κ2) is 8.17. The Morgan fingerprint density at radius 2 is 2.05 bits per heavy atom. The van der Waals surface area contributed by atoms with Crippen LogP contribution in [-0.4, -0.2) is 55.1 Å². The van der Waals surface area contributed by atoms with Crippen molar-refractivity contribution in [1.29, 1.82) is 0 Å². The summed E-state index contributed by atoms with van der Waals surface area (Å²) in [7, 11) is 2.13. The van der Waals surface area contributed by atoms with Crippen molar-refractivity contribution in [1.82, 2.24) is 15.2 Å². The number of hydrogen-bond donors (Lipinski definition) is 2. The Morgan fingerprint density at radius 1 is 1.38 bits per heavy atom. The van der Waals surface area contributed by atoms with Crippen LogP contribution >= 0.6 is 12.4 Å². The number of pyridine rings is 1. The summed E-state index contributed by atoms with van der Waals surface area (Å²) >= 11 is 0. The molecular formula is C14H24ClN5O. The summed E-state index contributed by atoms with van der Waals surface area (Å²) in [4.78, 5) is 20.5. The molecule has 0 aliphatic carbocycles. The smallest absolute Gasteiger partial charge is 0.236 e. The molecule has 118 valence electrons. The van der Waals surface area contributed by atoms with Gasteiger partial charge in [0.2, 0.25) is 5.91 Å². The molecule has 1 fully saturated rings. The molecule has 6 nitrogen and oxygen atoms in total. The number of hydrogen-bond acceptors (Lipinski definition) is 5. The summed E-state index contributed by atoms with van der Waals surface area (Å²) in [5.74, 6) is 0.855. The number of carbonyl (C=O) groups excluding carboxylic acids is 1. The Hall–Kier alpha value is -1.37. The molecule has 0 aromatic carbocycles. The fourth-order valence-electron chi connectivity index (χ4n) is 2.09. The molecule has 1 unspecified atom stereocenters. The predicted octanol–water partition coefficient (Wildman–Crippen LogP) is 0.219. The van der Waals surface area contributed by atoms with Gasteiger partial charge < -0.3 is 20.9 Å². The molecule has 1 atom stereocenters. The van der Waals surface area contributed by atoms with Crippen LogP contribution in [0.4, 0.5) is 5.82 Å². The van der Waals surface area contributed by atoms with E-state index < -0.39 is 6.04 Å². The Bertz CT molecular complexity index is 443. The molecular weight excluding hydrogens is 290 g/mol. The highest BCUT2D eigenvalue weighted by molar-refractivity contribution is 5.85. The third-order valence-corrected chi connectivity index (χ3v) is 3.52. The highest BCUT2D eigenvalue weighted by Gasteiger charge is 2.15. The van der Waals surface area contributed by atoms with Gasteiger partial charge in [-0.25, -0.2) is 4.98 Å². The average Bonchev–Trinajstić information content (AvgIpc) is 2.46. The quantitative estimate of drug-likeness (QED) is 0.832. The molecule has 0 spiro atoms. The molecule has 7 heteroatoms. The Labute approximate surface area is 132 Å². The maximum Gasteiger partial charge on any atom is 0.236 e. The van der Waals surface area contributed by atoms with Crippen molar-refractivity contribution in [3.05, 3.63) is 23.9 Å². The minimum Gasteiger partial charge on any atom is -0.354 e. The van der Waals surface area contributed by atoms with Crippen molar-refractivity contribution in [2.45, 2.75) is 19.5 Å². The lowest BCUT2D eigenvalue weighted by molar-refractivity contribution is -0.122. The van der Waals surface area contributed by atoms with Gasteiger partial charge in [-0.05, 0) is 25.6 Å². The predicted molar refractivity (Wildman–Crippen MR) is 86.7 cm³/mol. The fourth-order valence-corrected chi connectivity index (χ4v) is 2.09. The molecule has 0 saturated carbocycles. The number of nitrogens with two attached hydrogens (primary N) is 1. The second-order valence-corrected chi connectivity index (χ2v) is 5.32. The van der Waals surface area contributed by atoms with Gasteiger partial charge in [-0.3, -0.25) is 4.79 Å². The van der Waals surface area contributed by atoms with E-state index in [4.69, 9.17) is 5.73 Å². The van der Waals surface area contributed by atoms with Gasteiger partial charge >= 0.3 is 0 Å². The first kappa shape index (κ1) is 17.7. The molecule has 2 rings (SSSR count). The Balaban J connectivity index is 0.00000220. The number of halogens is 1. The van der Waals surface area contributed by atoms with E-state index in [1.165, 1.54) is 0 Å². The average molecular weight is 314 g/mol. The standard InChI is InChI=1S/C14H23N5O.ClH/c1-11(15)14(20)17-10-12-3-4-13(16-9-12)19-7-5-18(2)6-8-19;/h3-4,9,11H,5-8,10,15H2,1-2H3,(H,17,20);1H. The van der Waals surface area contributed by atoms with E-state index in [9.17, 15) is 4.79 Å². The largest absolute Gasteiger partial charge is 0.354 e. The van der Waals surface area contributed by atoms with E-state index in [1.807, 2.05) is 18.3 Å². The first-order valence-electron chi connectivity index (χ1n) is 6.98. The number of piperazine rings is 1.